The van der Waals surface area contributed by atoms with Gasteiger partial charge in [-0.05, 0) is 42.8 Å². The first-order valence-electron chi connectivity index (χ1n) is 10.00. The third-order valence-electron chi connectivity index (χ3n) is 5.17. The third kappa shape index (κ3) is 4.16. The average molecular weight is 415 g/mol. The Morgan fingerprint density at radius 1 is 0.903 bits per heavy atom. The Morgan fingerprint density at radius 2 is 1.55 bits per heavy atom. The molecule has 0 spiro atoms. The van der Waals surface area contributed by atoms with Crippen LogP contribution in [0, 0.1) is 0 Å². The fourth-order valence-corrected chi connectivity index (χ4v) is 3.62. The molecule has 0 aliphatic carbocycles. The van der Waals surface area contributed by atoms with Crippen LogP contribution in [-0.4, -0.2) is 39.3 Å². The summed E-state index contributed by atoms with van der Waals surface area (Å²) in [4.78, 5) is 45.0. The molecule has 0 radical (unpaired) electrons. The number of para-hydroxylation sites is 2. The van der Waals surface area contributed by atoms with Crippen LogP contribution < -0.4 is 4.90 Å². The minimum atomic E-state index is -0.334. The summed E-state index contributed by atoms with van der Waals surface area (Å²) in [6.45, 7) is 0.348. The number of hydrogen-bond donors (Lipinski definition) is 1. The second-order valence-electron chi connectivity index (χ2n) is 7.20. The zero-order valence-electron chi connectivity index (χ0n) is 16.8. The van der Waals surface area contributed by atoms with Crippen LogP contribution >= 0.6 is 0 Å². The molecular weight excluding hydrogens is 394 g/mol. The standard InChI is InChI=1S/C24H21N3O4/c28-21-12-4-3-11-20(21)27(16-17-8-5-6-14-25-17)22(29)13-7-15-26-23(30)18-9-1-2-10-19(18)24(26)31/h1-6,8-12,14,28H,7,13,15-16H2. The molecule has 7 heteroatoms. The first-order valence-corrected chi connectivity index (χ1v) is 10.00. The van der Waals surface area contributed by atoms with E-state index < -0.39 is 0 Å². The molecule has 0 saturated heterocycles. The lowest BCUT2D eigenvalue weighted by atomic mass is 10.1. The highest BCUT2D eigenvalue weighted by atomic mass is 16.3. The number of aromatic nitrogens is 1. The Morgan fingerprint density at radius 3 is 2.19 bits per heavy atom. The van der Waals surface area contributed by atoms with Crippen LogP contribution in [0.25, 0.3) is 0 Å². The van der Waals surface area contributed by atoms with E-state index >= 15 is 0 Å². The first-order chi connectivity index (χ1) is 15.1. The van der Waals surface area contributed by atoms with Crippen LogP contribution in [0.4, 0.5) is 5.69 Å². The summed E-state index contributed by atoms with van der Waals surface area (Å²) < 4.78 is 0. The Kier molecular flexibility index (Phi) is 5.75. The summed E-state index contributed by atoms with van der Waals surface area (Å²) in [6.07, 6.45) is 2.07. The number of carbonyl (C=O) groups is 3. The molecule has 0 unspecified atom stereocenters. The zero-order valence-corrected chi connectivity index (χ0v) is 16.8. The molecule has 0 fully saturated rings. The second-order valence-corrected chi connectivity index (χ2v) is 7.20. The highest BCUT2D eigenvalue weighted by Crippen LogP contribution is 2.29. The molecule has 4 rings (SSSR count). The van der Waals surface area contributed by atoms with Crippen molar-refractivity contribution in [2.24, 2.45) is 0 Å². The molecule has 1 N–H and O–H groups in total. The molecular formula is C24H21N3O4. The number of phenols is 1. The maximum atomic E-state index is 13.1. The molecule has 156 valence electrons. The summed E-state index contributed by atoms with van der Waals surface area (Å²) in [5.74, 6) is -0.908. The van der Waals surface area contributed by atoms with Gasteiger partial charge >= 0.3 is 0 Å². The molecule has 3 amide bonds. The van der Waals surface area contributed by atoms with Crippen molar-refractivity contribution in [1.82, 2.24) is 9.88 Å². The molecule has 1 aliphatic heterocycles. The highest BCUT2D eigenvalue weighted by molar-refractivity contribution is 6.21. The summed E-state index contributed by atoms with van der Waals surface area (Å²) in [5.41, 5.74) is 1.85. The number of rotatable bonds is 7. The number of nitrogens with zero attached hydrogens (tertiary/aromatic N) is 3. The van der Waals surface area contributed by atoms with Crippen LogP contribution in [0.3, 0.4) is 0 Å². The van der Waals surface area contributed by atoms with E-state index in [1.807, 2.05) is 6.07 Å². The van der Waals surface area contributed by atoms with Crippen LogP contribution in [0.1, 0.15) is 39.3 Å². The highest BCUT2D eigenvalue weighted by Gasteiger charge is 2.34. The fraction of sp³-hybridized carbons (Fsp3) is 0.167. The summed E-state index contributed by atoms with van der Waals surface area (Å²) in [7, 11) is 0. The first kappa shape index (κ1) is 20.3. The molecule has 7 nitrogen and oxygen atoms in total. The number of fused-ring (bicyclic) bond motifs is 1. The number of phenolic OH excluding ortho intramolecular Hbond substituents is 1. The smallest absolute Gasteiger partial charge is 0.261 e. The normalized spacial score (nSPS) is 12.7. The lowest BCUT2D eigenvalue weighted by Crippen LogP contribution is -2.34. The van der Waals surface area contributed by atoms with Gasteiger partial charge < -0.3 is 10.0 Å². The zero-order chi connectivity index (χ0) is 21.8. The van der Waals surface area contributed by atoms with Gasteiger partial charge in [-0.3, -0.25) is 24.3 Å². The quantitative estimate of drug-likeness (QED) is 0.598. The number of benzene rings is 2. The molecule has 2 heterocycles. The van der Waals surface area contributed by atoms with Gasteiger partial charge in [-0.1, -0.05) is 30.3 Å². The van der Waals surface area contributed by atoms with Crippen molar-refractivity contribution in [3.63, 3.8) is 0 Å². The summed E-state index contributed by atoms with van der Waals surface area (Å²) in [6, 6.07) is 18.7. The largest absolute Gasteiger partial charge is 0.506 e. The Labute approximate surface area is 179 Å². The van der Waals surface area contributed by atoms with E-state index in [9.17, 15) is 19.5 Å². The van der Waals surface area contributed by atoms with Crippen molar-refractivity contribution in [3.05, 3.63) is 89.7 Å². The van der Waals surface area contributed by atoms with Gasteiger partial charge in [0.1, 0.15) is 5.75 Å². The number of aromatic hydroxyl groups is 1. The topological polar surface area (TPSA) is 90.8 Å². The predicted octanol–water partition coefficient (Wildman–Crippen LogP) is 3.40. The van der Waals surface area contributed by atoms with Crippen molar-refractivity contribution < 1.29 is 19.5 Å². The monoisotopic (exact) mass is 415 g/mol. The maximum absolute atomic E-state index is 13.1. The molecule has 1 aliphatic rings. The van der Waals surface area contributed by atoms with Crippen molar-refractivity contribution >= 4 is 23.4 Å². The molecule has 0 saturated carbocycles. The number of anilines is 1. The van der Waals surface area contributed by atoms with Crippen molar-refractivity contribution in [1.29, 1.82) is 0 Å². The lowest BCUT2D eigenvalue weighted by molar-refractivity contribution is -0.118. The van der Waals surface area contributed by atoms with Crippen molar-refractivity contribution in [2.45, 2.75) is 19.4 Å². The minimum Gasteiger partial charge on any atom is -0.506 e. The third-order valence-corrected chi connectivity index (χ3v) is 5.17. The average Bonchev–Trinajstić information content (AvgIpc) is 3.04. The number of imide groups is 1. The maximum Gasteiger partial charge on any atom is 0.261 e. The molecule has 2 aromatic carbocycles. The Bertz CT molecular complexity index is 1100. The summed E-state index contributed by atoms with van der Waals surface area (Å²) in [5, 5.41) is 10.3. The van der Waals surface area contributed by atoms with E-state index in [0.29, 0.717) is 28.9 Å². The van der Waals surface area contributed by atoms with E-state index in [0.717, 1.165) is 0 Å². The van der Waals surface area contributed by atoms with Gasteiger partial charge in [-0.25, -0.2) is 0 Å². The van der Waals surface area contributed by atoms with Gasteiger partial charge in [0.05, 0.1) is 29.1 Å². The van der Waals surface area contributed by atoms with Crippen LogP contribution in [-0.2, 0) is 11.3 Å². The van der Waals surface area contributed by atoms with Crippen molar-refractivity contribution in [2.75, 3.05) is 11.4 Å². The second kappa shape index (κ2) is 8.79. The van der Waals surface area contributed by atoms with Gasteiger partial charge in [-0.2, -0.15) is 0 Å². The SMILES string of the molecule is O=C1c2ccccc2C(=O)N1CCCC(=O)N(Cc1ccccn1)c1ccccc1O. The van der Waals surface area contributed by atoms with E-state index in [-0.39, 0.29) is 43.0 Å². The Balaban J connectivity index is 1.45. The van der Waals surface area contributed by atoms with Gasteiger partial charge in [-0.15, -0.1) is 0 Å². The molecule has 31 heavy (non-hydrogen) atoms. The van der Waals surface area contributed by atoms with Gasteiger partial charge in [0.25, 0.3) is 11.8 Å². The van der Waals surface area contributed by atoms with Gasteiger partial charge in [0, 0.05) is 19.2 Å². The van der Waals surface area contributed by atoms with E-state index in [1.54, 1.807) is 60.8 Å². The molecule has 1 aromatic heterocycles. The molecule has 0 atom stereocenters. The number of amides is 3. The van der Waals surface area contributed by atoms with Gasteiger partial charge in [0.15, 0.2) is 0 Å². The number of carbonyl (C=O) groups excluding carboxylic acids is 3. The Hall–Kier alpha value is -4.00. The van der Waals surface area contributed by atoms with Crippen LogP contribution in [0.15, 0.2) is 72.9 Å². The lowest BCUT2D eigenvalue weighted by Gasteiger charge is -2.24. The predicted molar refractivity (Wildman–Crippen MR) is 115 cm³/mol. The van der Waals surface area contributed by atoms with E-state index in [1.165, 1.54) is 15.9 Å². The van der Waals surface area contributed by atoms with Crippen LogP contribution in [0.2, 0.25) is 0 Å². The van der Waals surface area contributed by atoms with Crippen molar-refractivity contribution in [3.8, 4) is 5.75 Å². The molecule has 0 bridgehead atoms. The fourth-order valence-electron chi connectivity index (χ4n) is 3.62. The molecule has 3 aromatic rings. The minimum absolute atomic E-state index is 0.00729. The van der Waals surface area contributed by atoms with Gasteiger partial charge in [0.2, 0.25) is 5.91 Å². The van der Waals surface area contributed by atoms with E-state index in [4.69, 9.17) is 0 Å². The van der Waals surface area contributed by atoms with Crippen LogP contribution in [0.5, 0.6) is 5.75 Å². The number of pyridine rings is 1. The summed E-state index contributed by atoms with van der Waals surface area (Å²) >= 11 is 0. The number of hydrogen-bond acceptors (Lipinski definition) is 5. The van der Waals surface area contributed by atoms with E-state index in [2.05, 4.69) is 4.98 Å².